The summed E-state index contributed by atoms with van der Waals surface area (Å²) in [6.45, 7) is 3.65. The van der Waals surface area contributed by atoms with Gasteiger partial charge in [-0.05, 0) is 30.5 Å². The molecule has 1 rings (SSSR count). The second-order valence-electron chi connectivity index (χ2n) is 3.59. The van der Waals surface area contributed by atoms with Crippen LogP contribution in [0.3, 0.4) is 0 Å². The minimum Gasteiger partial charge on any atom is -0.406 e. The zero-order valence-electron chi connectivity index (χ0n) is 8.88. The minimum absolute atomic E-state index is 0.0292. The van der Waals surface area contributed by atoms with Gasteiger partial charge in [-0.3, -0.25) is 0 Å². The van der Waals surface area contributed by atoms with Crippen LogP contribution >= 0.6 is 11.6 Å². The molecular weight excluding hydrogens is 241 g/mol. The first-order valence-corrected chi connectivity index (χ1v) is 5.23. The molecule has 2 atom stereocenters. The molecule has 0 radical (unpaired) electrons. The number of benzene rings is 1. The summed E-state index contributed by atoms with van der Waals surface area (Å²) in [5, 5.41) is -0.152. The van der Waals surface area contributed by atoms with Gasteiger partial charge in [0.05, 0.1) is 0 Å². The van der Waals surface area contributed by atoms with Crippen LogP contribution in [0.5, 0.6) is 5.75 Å². The maximum absolute atomic E-state index is 12.0. The molecule has 16 heavy (non-hydrogen) atoms. The highest BCUT2D eigenvalue weighted by atomic mass is 35.5. The number of rotatable bonds is 3. The molecule has 0 fully saturated rings. The Morgan fingerprint density at radius 2 is 1.88 bits per heavy atom. The van der Waals surface area contributed by atoms with Crippen molar-refractivity contribution in [3.05, 3.63) is 29.8 Å². The number of halogens is 4. The van der Waals surface area contributed by atoms with Crippen molar-refractivity contribution >= 4 is 11.6 Å². The van der Waals surface area contributed by atoms with Crippen molar-refractivity contribution < 1.29 is 17.9 Å². The SMILES string of the molecule is CC(Cl)C(C)c1cccc(OC(F)(F)F)c1. The molecule has 0 bridgehead atoms. The lowest BCUT2D eigenvalue weighted by Crippen LogP contribution is -2.17. The lowest BCUT2D eigenvalue weighted by Gasteiger charge is -2.16. The predicted molar refractivity (Wildman–Crippen MR) is 56.9 cm³/mol. The Morgan fingerprint density at radius 3 is 2.38 bits per heavy atom. The fourth-order valence-corrected chi connectivity index (χ4v) is 1.41. The highest BCUT2D eigenvalue weighted by Gasteiger charge is 2.31. The molecular formula is C11H12ClF3O. The fraction of sp³-hybridized carbons (Fsp3) is 0.455. The van der Waals surface area contributed by atoms with Gasteiger partial charge in [0.2, 0.25) is 0 Å². The third-order valence-corrected chi connectivity index (χ3v) is 2.68. The molecule has 1 aromatic rings. The van der Waals surface area contributed by atoms with Crippen LogP contribution in [-0.4, -0.2) is 11.7 Å². The third-order valence-electron chi connectivity index (χ3n) is 2.31. The molecule has 5 heteroatoms. The zero-order chi connectivity index (χ0) is 12.3. The van der Waals surface area contributed by atoms with Crippen LogP contribution in [0.2, 0.25) is 0 Å². The van der Waals surface area contributed by atoms with Gasteiger partial charge in [-0.25, -0.2) is 0 Å². The normalized spacial score (nSPS) is 15.6. The van der Waals surface area contributed by atoms with Gasteiger partial charge in [0, 0.05) is 5.38 Å². The summed E-state index contributed by atoms with van der Waals surface area (Å²) in [5.41, 5.74) is 0.726. The number of hydrogen-bond donors (Lipinski definition) is 0. The standard InChI is InChI=1S/C11H12ClF3O/c1-7(8(2)12)9-4-3-5-10(6-9)16-11(13,14)15/h3-8H,1-2H3. The Labute approximate surface area is 97.2 Å². The summed E-state index contributed by atoms with van der Waals surface area (Å²) >= 11 is 5.89. The quantitative estimate of drug-likeness (QED) is 0.728. The van der Waals surface area contributed by atoms with Crippen molar-refractivity contribution in [1.82, 2.24) is 0 Å². The second-order valence-corrected chi connectivity index (χ2v) is 4.27. The van der Waals surface area contributed by atoms with Crippen molar-refractivity contribution in [3.8, 4) is 5.75 Å². The molecule has 0 amide bonds. The summed E-state index contributed by atoms with van der Waals surface area (Å²) in [4.78, 5) is 0. The Balaban J connectivity index is 2.87. The van der Waals surface area contributed by atoms with E-state index in [1.54, 1.807) is 13.0 Å². The van der Waals surface area contributed by atoms with E-state index >= 15 is 0 Å². The Hall–Kier alpha value is -0.900. The van der Waals surface area contributed by atoms with Crippen molar-refractivity contribution in [2.75, 3.05) is 0 Å². The van der Waals surface area contributed by atoms with Gasteiger partial charge in [0.15, 0.2) is 0 Å². The van der Waals surface area contributed by atoms with E-state index in [1.165, 1.54) is 18.2 Å². The van der Waals surface area contributed by atoms with E-state index < -0.39 is 6.36 Å². The molecule has 1 nitrogen and oxygen atoms in total. The molecule has 0 aliphatic heterocycles. The van der Waals surface area contributed by atoms with Gasteiger partial charge in [0.1, 0.15) is 5.75 Å². The molecule has 0 N–H and O–H groups in total. The molecule has 0 heterocycles. The summed E-state index contributed by atoms with van der Waals surface area (Å²) in [5.74, 6) is -0.243. The van der Waals surface area contributed by atoms with Crippen molar-refractivity contribution in [2.24, 2.45) is 0 Å². The topological polar surface area (TPSA) is 9.23 Å². The lowest BCUT2D eigenvalue weighted by atomic mass is 9.98. The number of ether oxygens (including phenoxy) is 1. The summed E-state index contributed by atoms with van der Waals surface area (Å²) < 4.78 is 39.8. The monoisotopic (exact) mass is 252 g/mol. The third kappa shape index (κ3) is 3.93. The van der Waals surface area contributed by atoms with E-state index in [0.717, 1.165) is 5.56 Å². The first kappa shape index (κ1) is 13.2. The van der Waals surface area contributed by atoms with E-state index in [2.05, 4.69) is 4.74 Å². The molecule has 0 spiro atoms. The highest BCUT2D eigenvalue weighted by molar-refractivity contribution is 6.20. The largest absolute Gasteiger partial charge is 0.573 e. The van der Waals surface area contributed by atoms with E-state index in [0.29, 0.717) is 0 Å². The van der Waals surface area contributed by atoms with Gasteiger partial charge in [-0.1, -0.05) is 19.1 Å². The summed E-state index contributed by atoms with van der Waals surface area (Å²) in [6, 6.07) is 5.87. The average Bonchev–Trinajstić information content (AvgIpc) is 2.14. The van der Waals surface area contributed by atoms with Crippen LogP contribution in [0, 0.1) is 0 Å². The molecule has 1 aromatic carbocycles. The van der Waals surface area contributed by atoms with Crippen molar-refractivity contribution in [3.63, 3.8) is 0 Å². The zero-order valence-corrected chi connectivity index (χ0v) is 9.64. The molecule has 0 aliphatic carbocycles. The summed E-state index contributed by atoms with van der Waals surface area (Å²) in [6.07, 6.45) is -4.66. The lowest BCUT2D eigenvalue weighted by molar-refractivity contribution is -0.274. The minimum atomic E-state index is -4.66. The van der Waals surface area contributed by atoms with Crippen molar-refractivity contribution in [2.45, 2.75) is 31.5 Å². The molecule has 90 valence electrons. The Morgan fingerprint density at radius 1 is 1.25 bits per heavy atom. The van der Waals surface area contributed by atoms with Crippen LogP contribution < -0.4 is 4.74 Å². The van der Waals surface area contributed by atoms with Gasteiger partial charge in [0.25, 0.3) is 0 Å². The second kappa shape index (κ2) is 4.95. The van der Waals surface area contributed by atoms with Crippen LogP contribution in [0.4, 0.5) is 13.2 Å². The van der Waals surface area contributed by atoms with Gasteiger partial charge >= 0.3 is 6.36 Å². The van der Waals surface area contributed by atoms with E-state index in [4.69, 9.17) is 11.6 Å². The van der Waals surface area contributed by atoms with Crippen molar-refractivity contribution in [1.29, 1.82) is 0 Å². The highest BCUT2D eigenvalue weighted by Crippen LogP contribution is 2.28. The van der Waals surface area contributed by atoms with E-state index in [9.17, 15) is 13.2 Å². The fourth-order valence-electron chi connectivity index (χ4n) is 1.26. The van der Waals surface area contributed by atoms with Gasteiger partial charge in [-0.2, -0.15) is 0 Å². The maximum atomic E-state index is 12.0. The van der Waals surface area contributed by atoms with E-state index in [-0.39, 0.29) is 17.0 Å². The van der Waals surface area contributed by atoms with Crippen LogP contribution in [-0.2, 0) is 0 Å². The smallest absolute Gasteiger partial charge is 0.406 e. The molecule has 2 unspecified atom stereocenters. The first-order chi connectivity index (χ1) is 7.29. The van der Waals surface area contributed by atoms with E-state index in [1.807, 2.05) is 6.92 Å². The maximum Gasteiger partial charge on any atom is 0.573 e. The Kier molecular flexibility index (Phi) is 4.08. The molecule has 0 saturated carbocycles. The summed E-state index contributed by atoms with van der Waals surface area (Å²) in [7, 11) is 0. The number of hydrogen-bond acceptors (Lipinski definition) is 1. The van der Waals surface area contributed by atoms with Gasteiger partial charge < -0.3 is 4.74 Å². The average molecular weight is 253 g/mol. The molecule has 0 saturated heterocycles. The first-order valence-electron chi connectivity index (χ1n) is 4.79. The number of alkyl halides is 4. The molecule has 0 aromatic heterocycles. The Bertz CT molecular complexity index is 349. The van der Waals surface area contributed by atoms with Crippen LogP contribution in [0.1, 0.15) is 25.3 Å². The van der Waals surface area contributed by atoms with Gasteiger partial charge in [-0.15, -0.1) is 24.8 Å². The van der Waals surface area contributed by atoms with Crippen LogP contribution in [0.25, 0.3) is 0 Å². The predicted octanol–water partition coefficient (Wildman–Crippen LogP) is 4.32. The molecule has 0 aliphatic rings. The van der Waals surface area contributed by atoms with Crippen LogP contribution in [0.15, 0.2) is 24.3 Å².